The van der Waals surface area contributed by atoms with E-state index >= 15 is 0 Å². The molecule has 0 spiro atoms. The monoisotopic (exact) mass is 286 g/mol. The third-order valence-corrected chi connectivity index (χ3v) is 3.56. The fourth-order valence-electron chi connectivity index (χ4n) is 1.61. The smallest absolute Gasteiger partial charge is 0.327 e. The molecule has 1 aromatic heterocycles. The summed E-state index contributed by atoms with van der Waals surface area (Å²) in [6.45, 7) is 1.66. The number of ether oxygens (including phenoxy) is 1. The number of hydrogen-bond acceptors (Lipinski definition) is 5. The van der Waals surface area contributed by atoms with Crippen molar-refractivity contribution >= 4 is 33.2 Å². The molecule has 1 N–H and O–H groups in total. The van der Waals surface area contributed by atoms with E-state index in [2.05, 4.69) is 15.0 Å². The Balaban J connectivity index is 2.23. The number of carbonyl (C=O) groups is 1. The molecular weight excluding hydrogens is 274 g/mol. The van der Waals surface area contributed by atoms with Crippen molar-refractivity contribution in [3.63, 3.8) is 0 Å². The van der Waals surface area contributed by atoms with Crippen LogP contribution in [0.2, 0.25) is 0 Å². The van der Waals surface area contributed by atoms with Gasteiger partial charge in [-0.05, 0) is 25.1 Å². The fourth-order valence-corrected chi connectivity index (χ4v) is 2.47. The molecule has 0 saturated carbocycles. The van der Waals surface area contributed by atoms with Crippen LogP contribution in [0.15, 0.2) is 18.2 Å². The van der Waals surface area contributed by atoms with Crippen LogP contribution in [0.3, 0.4) is 0 Å². The van der Waals surface area contributed by atoms with Gasteiger partial charge < -0.3 is 10.1 Å². The summed E-state index contributed by atoms with van der Waals surface area (Å²) in [5.74, 6) is -0.391. The van der Waals surface area contributed by atoms with Crippen LogP contribution < -0.4 is 5.32 Å². The van der Waals surface area contributed by atoms with Gasteiger partial charge in [-0.1, -0.05) is 0 Å². The first-order valence-corrected chi connectivity index (χ1v) is 6.36. The number of methoxy groups -OCH3 is 1. The van der Waals surface area contributed by atoms with Crippen LogP contribution in [0.4, 0.5) is 14.5 Å². The standard InChI is InChI=1S/C12H12F2N2O2S/c1-6(12(17)18-2)15-7-3-4-8-9(5-7)19-11(16-8)10(13)14/h3-6,10,15H,1-2H3/t6-/m1/s1. The van der Waals surface area contributed by atoms with Crippen molar-refractivity contribution in [1.29, 1.82) is 0 Å². The number of rotatable bonds is 4. The summed E-state index contributed by atoms with van der Waals surface area (Å²) >= 11 is 0.943. The zero-order chi connectivity index (χ0) is 14.0. The molecule has 0 aliphatic rings. The number of halogens is 2. The molecule has 4 nitrogen and oxygen atoms in total. The van der Waals surface area contributed by atoms with Gasteiger partial charge >= 0.3 is 5.97 Å². The molecular formula is C12H12F2N2O2S. The van der Waals surface area contributed by atoms with E-state index in [1.807, 2.05) is 0 Å². The molecule has 0 aliphatic carbocycles. The molecule has 1 heterocycles. The van der Waals surface area contributed by atoms with E-state index in [0.29, 0.717) is 15.9 Å². The van der Waals surface area contributed by atoms with E-state index in [9.17, 15) is 13.6 Å². The largest absolute Gasteiger partial charge is 0.467 e. The average molecular weight is 286 g/mol. The SMILES string of the molecule is COC(=O)[C@@H](C)Nc1ccc2nc(C(F)F)sc2c1. The van der Waals surface area contributed by atoms with Crippen LogP contribution in [0, 0.1) is 0 Å². The van der Waals surface area contributed by atoms with Crippen molar-refractivity contribution in [2.45, 2.75) is 19.4 Å². The van der Waals surface area contributed by atoms with Crippen LogP contribution in [-0.2, 0) is 9.53 Å². The lowest BCUT2D eigenvalue weighted by molar-refractivity contribution is -0.141. The van der Waals surface area contributed by atoms with E-state index in [0.717, 1.165) is 11.3 Å². The number of hydrogen-bond donors (Lipinski definition) is 1. The Morgan fingerprint density at radius 1 is 1.47 bits per heavy atom. The fraction of sp³-hybridized carbons (Fsp3) is 0.333. The first-order valence-electron chi connectivity index (χ1n) is 5.54. The highest BCUT2D eigenvalue weighted by molar-refractivity contribution is 7.18. The summed E-state index contributed by atoms with van der Waals surface area (Å²) in [5.41, 5.74) is 1.19. The maximum Gasteiger partial charge on any atom is 0.327 e. The lowest BCUT2D eigenvalue weighted by atomic mass is 10.2. The Bertz CT molecular complexity index is 600. The Morgan fingerprint density at radius 3 is 2.84 bits per heavy atom. The first-order chi connectivity index (χ1) is 9.01. The summed E-state index contributed by atoms with van der Waals surface area (Å²) in [7, 11) is 1.31. The number of fused-ring (bicyclic) bond motifs is 1. The molecule has 1 aromatic carbocycles. The highest BCUT2D eigenvalue weighted by Crippen LogP contribution is 2.30. The molecule has 1 atom stereocenters. The van der Waals surface area contributed by atoms with Gasteiger partial charge in [0.2, 0.25) is 0 Å². The van der Waals surface area contributed by atoms with Gasteiger partial charge in [-0.3, -0.25) is 0 Å². The van der Waals surface area contributed by atoms with Crippen molar-refractivity contribution in [2.75, 3.05) is 12.4 Å². The van der Waals surface area contributed by atoms with Crippen molar-refractivity contribution in [3.8, 4) is 0 Å². The zero-order valence-corrected chi connectivity index (χ0v) is 11.1. The second-order valence-electron chi connectivity index (χ2n) is 3.92. The third-order valence-electron chi connectivity index (χ3n) is 2.53. The number of carbonyl (C=O) groups excluding carboxylic acids is 1. The number of nitrogens with one attached hydrogen (secondary N) is 1. The van der Waals surface area contributed by atoms with E-state index in [1.54, 1.807) is 25.1 Å². The molecule has 2 rings (SSSR count). The number of thiazole rings is 1. The number of esters is 1. The van der Waals surface area contributed by atoms with Gasteiger partial charge in [-0.2, -0.15) is 0 Å². The molecule has 7 heteroatoms. The van der Waals surface area contributed by atoms with E-state index < -0.39 is 18.4 Å². The van der Waals surface area contributed by atoms with Gasteiger partial charge in [0.1, 0.15) is 6.04 Å². The van der Waals surface area contributed by atoms with Crippen LogP contribution >= 0.6 is 11.3 Å². The number of nitrogens with zero attached hydrogens (tertiary/aromatic N) is 1. The van der Waals surface area contributed by atoms with Gasteiger partial charge in [0.05, 0.1) is 17.3 Å². The first kappa shape index (κ1) is 13.7. The van der Waals surface area contributed by atoms with Gasteiger partial charge in [-0.15, -0.1) is 11.3 Å². The Kier molecular flexibility index (Phi) is 3.94. The molecule has 0 radical (unpaired) electrons. The maximum absolute atomic E-state index is 12.5. The minimum atomic E-state index is -2.57. The summed E-state index contributed by atoms with van der Waals surface area (Å²) < 4.78 is 30.3. The third kappa shape index (κ3) is 2.98. The van der Waals surface area contributed by atoms with Crippen molar-refractivity contribution < 1.29 is 18.3 Å². The molecule has 19 heavy (non-hydrogen) atoms. The van der Waals surface area contributed by atoms with Gasteiger partial charge in [0.25, 0.3) is 6.43 Å². The van der Waals surface area contributed by atoms with Crippen molar-refractivity contribution in [2.24, 2.45) is 0 Å². The lowest BCUT2D eigenvalue weighted by Gasteiger charge is -2.12. The molecule has 0 bridgehead atoms. The second kappa shape index (κ2) is 5.48. The van der Waals surface area contributed by atoms with Crippen molar-refractivity contribution in [1.82, 2.24) is 4.98 Å². The van der Waals surface area contributed by atoms with Gasteiger partial charge in [0.15, 0.2) is 5.01 Å². The van der Waals surface area contributed by atoms with Gasteiger partial charge in [-0.25, -0.2) is 18.6 Å². The number of anilines is 1. The molecule has 2 aromatic rings. The quantitative estimate of drug-likeness (QED) is 0.877. The minimum absolute atomic E-state index is 0.201. The number of aromatic nitrogens is 1. The zero-order valence-electron chi connectivity index (χ0n) is 10.3. The van der Waals surface area contributed by atoms with Crippen molar-refractivity contribution in [3.05, 3.63) is 23.2 Å². The van der Waals surface area contributed by atoms with Crippen LogP contribution in [-0.4, -0.2) is 24.1 Å². The predicted molar refractivity (Wildman–Crippen MR) is 69.7 cm³/mol. The van der Waals surface area contributed by atoms with Crippen LogP contribution in [0.5, 0.6) is 0 Å². The van der Waals surface area contributed by atoms with E-state index in [1.165, 1.54) is 7.11 Å². The molecule has 0 aliphatic heterocycles. The Labute approximate surface area is 112 Å². The van der Waals surface area contributed by atoms with E-state index in [4.69, 9.17) is 0 Å². The normalized spacial score (nSPS) is 12.7. The lowest BCUT2D eigenvalue weighted by Crippen LogP contribution is -2.27. The topological polar surface area (TPSA) is 51.2 Å². The highest BCUT2D eigenvalue weighted by Gasteiger charge is 2.15. The molecule has 0 unspecified atom stereocenters. The Hall–Kier alpha value is -1.76. The molecule has 102 valence electrons. The van der Waals surface area contributed by atoms with E-state index in [-0.39, 0.29) is 5.01 Å². The Morgan fingerprint density at radius 2 is 2.21 bits per heavy atom. The maximum atomic E-state index is 12.5. The second-order valence-corrected chi connectivity index (χ2v) is 4.99. The van der Waals surface area contributed by atoms with Crippen LogP contribution in [0.25, 0.3) is 10.2 Å². The highest BCUT2D eigenvalue weighted by atomic mass is 32.1. The summed E-state index contributed by atoms with van der Waals surface area (Å²) in [5, 5.41) is 2.74. The van der Waals surface area contributed by atoms with Crippen LogP contribution in [0.1, 0.15) is 18.4 Å². The van der Waals surface area contributed by atoms with Gasteiger partial charge in [0, 0.05) is 5.69 Å². The summed E-state index contributed by atoms with van der Waals surface area (Å²) in [6, 6.07) is 4.52. The molecule has 0 amide bonds. The summed E-state index contributed by atoms with van der Waals surface area (Å²) in [4.78, 5) is 15.1. The molecule has 0 saturated heterocycles. The molecule has 0 fully saturated rings. The predicted octanol–water partition coefficient (Wildman–Crippen LogP) is 3.21. The minimum Gasteiger partial charge on any atom is -0.467 e. The number of benzene rings is 1. The summed E-state index contributed by atoms with van der Waals surface area (Å²) in [6.07, 6.45) is -2.57. The number of alkyl halides is 2. The average Bonchev–Trinajstić information content (AvgIpc) is 2.81.